The van der Waals surface area contributed by atoms with Gasteiger partial charge < -0.3 is 20.1 Å². The molecule has 0 spiro atoms. The Kier molecular flexibility index (Phi) is 3.55. The quantitative estimate of drug-likeness (QED) is 0.818. The zero-order valence-corrected chi connectivity index (χ0v) is 11.7. The Morgan fingerprint density at radius 2 is 1.76 bits per heavy atom. The average molecular weight is 290 g/mol. The lowest BCUT2D eigenvalue weighted by Gasteiger charge is -2.28. The summed E-state index contributed by atoms with van der Waals surface area (Å²) in [6.07, 6.45) is 0.833. The Bertz CT molecular complexity index is 545. The topological polar surface area (TPSA) is 78.9 Å². The maximum absolute atomic E-state index is 12.0. The fraction of sp³-hybridized carbons (Fsp3) is 0.467. The van der Waals surface area contributed by atoms with Crippen molar-refractivity contribution in [2.75, 3.05) is 36.5 Å². The van der Waals surface area contributed by atoms with Crippen molar-refractivity contribution in [1.29, 1.82) is 0 Å². The van der Waals surface area contributed by atoms with Crippen molar-refractivity contribution in [2.24, 2.45) is 5.41 Å². The standard InChI is InChI=1S/C15H18N2O4/c18-13(15(5-6-15)14(19)20)16-11-1-3-12(4-2-11)17-7-9-21-10-8-17/h1-4H,5-10H2,(H,16,18)(H,19,20). The van der Waals surface area contributed by atoms with Crippen LogP contribution in [0.3, 0.4) is 0 Å². The molecule has 21 heavy (non-hydrogen) atoms. The van der Waals surface area contributed by atoms with Crippen LogP contribution in [0.15, 0.2) is 24.3 Å². The minimum absolute atomic E-state index is 0.417. The maximum Gasteiger partial charge on any atom is 0.319 e. The number of benzene rings is 1. The van der Waals surface area contributed by atoms with Gasteiger partial charge in [-0.3, -0.25) is 9.59 Å². The second-order valence-electron chi connectivity index (χ2n) is 5.49. The number of hydrogen-bond donors (Lipinski definition) is 2. The van der Waals surface area contributed by atoms with Crippen molar-refractivity contribution in [1.82, 2.24) is 0 Å². The normalized spacial score (nSPS) is 19.9. The Labute approximate surface area is 122 Å². The number of carbonyl (C=O) groups excluding carboxylic acids is 1. The Morgan fingerprint density at radius 3 is 2.29 bits per heavy atom. The van der Waals surface area contributed by atoms with E-state index in [4.69, 9.17) is 9.84 Å². The highest BCUT2D eigenvalue weighted by atomic mass is 16.5. The van der Waals surface area contributed by atoms with Crippen LogP contribution in [-0.2, 0) is 14.3 Å². The largest absolute Gasteiger partial charge is 0.480 e. The summed E-state index contributed by atoms with van der Waals surface area (Å²) in [4.78, 5) is 25.3. The molecule has 1 saturated carbocycles. The molecule has 1 aromatic carbocycles. The lowest BCUT2D eigenvalue weighted by molar-refractivity contribution is -0.147. The number of hydrogen-bond acceptors (Lipinski definition) is 4. The Hall–Kier alpha value is -2.08. The third-order valence-corrected chi connectivity index (χ3v) is 4.10. The van der Waals surface area contributed by atoms with Crippen LogP contribution >= 0.6 is 0 Å². The van der Waals surface area contributed by atoms with Gasteiger partial charge in [-0.15, -0.1) is 0 Å². The molecule has 6 nitrogen and oxygen atoms in total. The molecule has 0 atom stereocenters. The predicted octanol–water partition coefficient (Wildman–Crippen LogP) is 1.33. The predicted molar refractivity (Wildman–Crippen MR) is 77.4 cm³/mol. The van der Waals surface area contributed by atoms with E-state index >= 15 is 0 Å². The van der Waals surface area contributed by atoms with E-state index < -0.39 is 17.3 Å². The van der Waals surface area contributed by atoms with Crippen molar-refractivity contribution < 1.29 is 19.4 Å². The summed E-state index contributed by atoms with van der Waals surface area (Å²) < 4.78 is 5.31. The second kappa shape index (κ2) is 5.37. The highest BCUT2D eigenvalue weighted by Gasteiger charge is 2.57. The number of carboxylic acid groups (broad SMARTS) is 1. The van der Waals surface area contributed by atoms with E-state index in [-0.39, 0.29) is 0 Å². The SMILES string of the molecule is O=C(O)C1(C(=O)Nc2ccc(N3CCOCC3)cc2)CC1. The molecule has 1 amide bonds. The van der Waals surface area contributed by atoms with Crippen LogP contribution in [0.5, 0.6) is 0 Å². The molecule has 2 aliphatic rings. The number of rotatable bonds is 4. The third-order valence-electron chi connectivity index (χ3n) is 4.10. The van der Waals surface area contributed by atoms with Crippen molar-refractivity contribution in [3.63, 3.8) is 0 Å². The van der Waals surface area contributed by atoms with Gasteiger partial charge in [0.1, 0.15) is 5.41 Å². The summed E-state index contributed by atoms with van der Waals surface area (Å²) >= 11 is 0. The number of aliphatic carboxylic acids is 1. The zero-order chi connectivity index (χ0) is 14.9. The minimum atomic E-state index is -1.21. The number of nitrogens with one attached hydrogen (secondary N) is 1. The molecule has 1 aliphatic heterocycles. The fourth-order valence-electron chi connectivity index (χ4n) is 2.49. The molecule has 0 bridgehead atoms. The molecule has 0 radical (unpaired) electrons. The van der Waals surface area contributed by atoms with E-state index in [1.807, 2.05) is 12.1 Å². The van der Waals surface area contributed by atoms with Gasteiger partial charge in [0.25, 0.3) is 0 Å². The average Bonchev–Trinajstić information content (AvgIpc) is 3.31. The van der Waals surface area contributed by atoms with Gasteiger partial charge in [0.15, 0.2) is 0 Å². The molecule has 112 valence electrons. The molecule has 0 aromatic heterocycles. The summed E-state index contributed by atoms with van der Waals surface area (Å²) in [6, 6.07) is 7.48. The summed E-state index contributed by atoms with van der Waals surface area (Å²) in [5, 5.41) is 11.8. The van der Waals surface area contributed by atoms with E-state index in [1.54, 1.807) is 12.1 Å². The summed E-state index contributed by atoms with van der Waals surface area (Å²) in [5.74, 6) is -1.46. The first-order valence-corrected chi connectivity index (χ1v) is 7.09. The van der Waals surface area contributed by atoms with E-state index in [2.05, 4.69) is 10.2 Å². The van der Waals surface area contributed by atoms with E-state index in [1.165, 1.54) is 0 Å². The third kappa shape index (κ3) is 2.71. The van der Waals surface area contributed by atoms with Crippen LogP contribution in [0.2, 0.25) is 0 Å². The summed E-state index contributed by atoms with van der Waals surface area (Å²) in [5.41, 5.74) is 0.503. The Morgan fingerprint density at radius 1 is 1.14 bits per heavy atom. The first kappa shape index (κ1) is 13.9. The molecule has 1 aliphatic carbocycles. The molecule has 1 aromatic rings. The number of amides is 1. The van der Waals surface area contributed by atoms with Gasteiger partial charge in [-0.25, -0.2) is 0 Å². The molecule has 2 N–H and O–H groups in total. The number of morpholine rings is 1. The van der Waals surface area contributed by atoms with Crippen molar-refractivity contribution in [3.05, 3.63) is 24.3 Å². The molecule has 0 unspecified atom stereocenters. The first-order valence-electron chi connectivity index (χ1n) is 7.09. The summed E-state index contributed by atoms with van der Waals surface area (Å²) in [6.45, 7) is 3.15. The minimum Gasteiger partial charge on any atom is -0.480 e. The van der Waals surface area contributed by atoms with Gasteiger partial charge in [0.2, 0.25) is 5.91 Å². The number of carboxylic acids is 1. The van der Waals surface area contributed by atoms with Gasteiger partial charge in [-0.05, 0) is 37.1 Å². The second-order valence-corrected chi connectivity index (χ2v) is 5.49. The van der Waals surface area contributed by atoms with E-state index in [0.29, 0.717) is 18.5 Å². The number of ether oxygens (including phenoxy) is 1. The van der Waals surface area contributed by atoms with Gasteiger partial charge in [-0.2, -0.15) is 0 Å². The van der Waals surface area contributed by atoms with Crippen LogP contribution in [0, 0.1) is 5.41 Å². The molecule has 6 heteroatoms. The molecule has 3 rings (SSSR count). The van der Waals surface area contributed by atoms with Crippen molar-refractivity contribution in [2.45, 2.75) is 12.8 Å². The first-order chi connectivity index (χ1) is 10.1. The van der Waals surface area contributed by atoms with E-state index in [0.717, 1.165) is 32.0 Å². The van der Waals surface area contributed by atoms with Gasteiger partial charge >= 0.3 is 5.97 Å². The van der Waals surface area contributed by atoms with Gasteiger partial charge in [0, 0.05) is 24.5 Å². The van der Waals surface area contributed by atoms with Crippen LogP contribution in [0.25, 0.3) is 0 Å². The van der Waals surface area contributed by atoms with Gasteiger partial charge in [-0.1, -0.05) is 0 Å². The van der Waals surface area contributed by atoms with Crippen LogP contribution in [0.4, 0.5) is 11.4 Å². The lowest BCUT2D eigenvalue weighted by Crippen LogP contribution is -2.36. The maximum atomic E-state index is 12.0. The molecular weight excluding hydrogens is 272 g/mol. The highest BCUT2D eigenvalue weighted by Crippen LogP contribution is 2.46. The lowest BCUT2D eigenvalue weighted by atomic mass is 10.1. The number of carbonyl (C=O) groups is 2. The van der Waals surface area contributed by atoms with Crippen molar-refractivity contribution >= 4 is 23.3 Å². The van der Waals surface area contributed by atoms with Crippen molar-refractivity contribution in [3.8, 4) is 0 Å². The van der Waals surface area contributed by atoms with Crippen LogP contribution in [-0.4, -0.2) is 43.3 Å². The molecule has 2 fully saturated rings. The van der Waals surface area contributed by atoms with E-state index in [9.17, 15) is 9.59 Å². The smallest absolute Gasteiger partial charge is 0.319 e. The summed E-state index contributed by atoms with van der Waals surface area (Å²) in [7, 11) is 0. The highest BCUT2D eigenvalue weighted by molar-refractivity contribution is 6.10. The Balaban J connectivity index is 1.64. The molecule has 1 heterocycles. The molecule has 1 saturated heterocycles. The van der Waals surface area contributed by atoms with Crippen LogP contribution < -0.4 is 10.2 Å². The zero-order valence-electron chi connectivity index (χ0n) is 11.7. The number of nitrogens with zero attached hydrogens (tertiary/aromatic N) is 1. The fourth-order valence-corrected chi connectivity index (χ4v) is 2.49. The monoisotopic (exact) mass is 290 g/mol. The number of anilines is 2. The molecular formula is C15H18N2O4. The van der Waals surface area contributed by atoms with Gasteiger partial charge in [0.05, 0.1) is 13.2 Å². The van der Waals surface area contributed by atoms with Crippen LogP contribution in [0.1, 0.15) is 12.8 Å².